The molecule has 1 aromatic rings. The number of benzene rings is 1. The monoisotopic (exact) mass is 431 g/mol. The first-order chi connectivity index (χ1) is 14.9. The number of nitriles is 1. The van der Waals surface area contributed by atoms with Gasteiger partial charge in [-0.3, -0.25) is 4.79 Å². The molecule has 0 amide bonds. The van der Waals surface area contributed by atoms with Crippen LogP contribution in [0.3, 0.4) is 0 Å². The normalized spacial score (nSPS) is 27.3. The smallest absolute Gasteiger partial charge is 0.416 e. The lowest BCUT2D eigenvalue weighted by molar-refractivity contribution is -0.157. The number of hydrogen-bond donors (Lipinski definition) is 0. The number of allylic oxidation sites excluding steroid dienone is 4. The van der Waals surface area contributed by atoms with Crippen molar-refractivity contribution in [1.29, 1.82) is 5.26 Å². The van der Waals surface area contributed by atoms with Crippen LogP contribution in [0.15, 0.2) is 48.6 Å². The molecule has 0 atom stereocenters. The first-order valence-electron chi connectivity index (χ1n) is 11.0. The second kappa shape index (κ2) is 10.7. The van der Waals surface area contributed by atoms with E-state index in [0.717, 1.165) is 69.1 Å². The van der Waals surface area contributed by atoms with Gasteiger partial charge in [0.05, 0.1) is 17.6 Å². The van der Waals surface area contributed by atoms with Gasteiger partial charge >= 0.3 is 12.1 Å². The van der Waals surface area contributed by atoms with Gasteiger partial charge in [0.15, 0.2) is 0 Å². The second-order valence-corrected chi connectivity index (χ2v) is 8.52. The van der Waals surface area contributed by atoms with E-state index in [4.69, 9.17) is 10.00 Å². The Balaban J connectivity index is 1.41. The molecule has 0 saturated heterocycles. The van der Waals surface area contributed by atoms with Crippen LogP contribution in [-0.2, 0) is 15.7 Å². The Bertz CT molecular complexity index is 820. The Morgan fingerprint density at radius 2 is 1.61 bits per heavy atom. The number of carbonyl (C=O) groups is 1. The van der Waals surface area contributed by atoms with Gasteiger partial charge in [0.25, 0.3) is 0 Å². The van der Waals surface area contributed by atoms with Crippen LogP contribution in [0, 0.1) is 23.2 Å². The molecule has 1 aromatic carbocycles. The molecule has 2 aliphatic carbocycles. The number of alkyl halides is 3. The second-order valence-electron chi connectivity index (χ2n) is 8.52. The summed E-state index contributed by atoms with van der Waals surface area (Å²) in [5.41, 5.74) is 0.302. The minimum atomic E-state index is -4.31. The Hall–Kier alpha value is -2.55. The van der Waals surface area contributed by atoms with Crippen molar-refractivity contribution in [1.82, 2.24) is 0 Å². The van der Waals surface area contributed by atoms with Crippen molar-refractivity contribution >= 4 is 5.97 Å². The number of ether oxygens (including phenoxy) is 1. The van der Waals surface area contributed by atoms with Crippen LogP contribution in [0.1, 0.15) is 68.4 Å². The van der Waals surface area contributed by atoms with E-state index in [1.54, 1.807) is 18.2 Å². The van der Waals surface area contributed by atoms with Crippen LogP contribution in [-0.4, -0.2) is 12.1 Å². The molecule has 0 spiro atoms. The van der Waals surface area contributed by atoms with Gasteiger partial charge in [-0.2, -0.15) is 18.4 Å². The average molecular weight is 431 g/mol. The van der Waals surface area contributed by atoms with E-state index in [2.05, 4.69) is 6.08 Å². The Morgan fingerprint density at radius 1 is 0.968 bits per heavy atom. The van der Waals surface area contributed by atoms with Crippen molar-refractivity contribution in [2.24, 2.45) is 11.8 Å². The first-order valence-corrected chi connectivity index (χ1v) is 11.0. The molecule has 0 bridgehead atoms. The molecule has 6 heteroatoms. The van der Waals surface area contributed by atoms with Crippen molar-refractivity contribution in [2.75, 3.05) is 0 Å². The Labute approximate surface area is 181 Å². The zero-order chi connectivity index (χ0) is 22.3. The molecule has 2 fully saturated rings. The average Bonchev–Trinajstić information content (AvgIpc) is 2.77. The SMILES string of the molecule is N#CC=CC=CC1CCC(C(=O)OC2CCC(c3ccc(C(F)(F)F)cc3)CC2)CC1. The summed E-state index contributed by atoms with van der Waals surface area (Å²) in [5, 5.41) is 8.48. The molecule has 3 nitrogen and oxygen atoms in total. The maximum absolute atomic E-state index is 12.7. The van der Waals surface area contributed by atoms with Crippen LogP contribution in [0.25, 0.3) is 0 Å². The molecular formula is C25H28F3NO2. The quantitative estimate of drug-likeness (QED) is 0.295. The van der Waals surface area contributed by atoms with Crippen LogP contribution in [0.2, 0.25) is 0 Å². The number of esters is 1. The fourth-order valence-corrected chi connectivity index (χ4v) is 4.59. The van der Waals surface area contributed by atoms with Crippen molar-refractivity contribution in [3.8, 4) is 6.07 Å². The highest BCUT2D eigenvalue weighted by Crippen LogP contribution is 2.37. The first kappa shape index (κ1) is 23.1. The van der Waals surface area contributed by atoms with Gasteiger partial charge < -0.3 is 4.74 Å². The summed E-state index contributed by atoms with van der Waals surface area (Å²) in [7, 11) is 0. The third-order valence-corrected chi connectivity index (χ3v) is 6.44. The standard InChI is InChI=1S/C25H28F3NO2/c26-25(27,28)22-13-9-19(10-14-22)20-11-15-23(16-12-20)31-24(30)21-7-5-18(6-8-21)4-2-1-3-17-29/h1-4,9-10,13-14,18,20-21,23H,5-8,11-12,15-16H2. The highest BCUT2D eigenvalue weighted by Gasteiger charge is 2.32. The molecule has 31 heavy (non-hydrogen) atoms. The maximum Gasteiger partial charge on any atom is 0.416 e. The molecule has 0 aliphatic heterocycles. The van der Waals surface area contributed by atoms with Crippen molar-refractivity contribution < 1.29 is 22.7 Å². The summed E-state index contributed by atoms with van der Waals surface area (Å²) in [6.45, 7) is 0. The molecule has 0 N–H and O–H groups in total. The molecule has 166 valence electrons. The maximum atomic E-state index is 12.7. The van der Waals surface area contributed by atoms with Gasteiger partial charge in [-0.05, 0) is 80.9 Å². The molecule has 0 unspecified atom stereocenters. The molecular weight excluding hydrogens is 403 g/mol. The number of nitrogens with zero attached hydrogens (tertiary/aromatic N) is 1. The van der Waals surface area contributed by atoms with Crippen molar-refractivity contribution in [3.63, 3.8) is 0 Å². The van der Waals surface area contributed by atoms with E-state index in [1.165, 1.54) is 6.08 Å². The molecule has 3 rings (SSSR count). The lowest BCUT2D eigenvalue weighted by Gasteiger charge is -2.31. The minimum absolute atomic E-state index is 0.0491. The highest BCUT2D eigenvalue weighted by atomic mass is 19.4. The third kappa shape index (κ3) is 6.72. The van der Waals surface area contributed by atoms with Crippen LogP contribution in [0.5, 0.6) is 0 Å². The molecule has 2 aliphatic rings. The zero-order valence-corrected chi connectivity index (χ0v) is 17.5. The summed E-state index contributed by atoms with van der Waals surface area (Å²) < 4.78 is 44.0. The lowest BCUT2D eigenvalue weighted by atomic mass is 9.81. The minimum Gasteiger partial charge on any atom is -0.462 e. The summed E-state index contributed by atoms with van der Waals surface area (Å²) in [4.78, 5) is 12.6. The summed E-state index contributed by atoms with van der Waals surface area (Å²) in [6, 6.07) is 7.39. The van der Waals surface area contributed by atoms with Gasteiger partial charge in [0.2, 0.25) is 0 Å². The van der Waals surface area contributed by atoms with E-state index in [1.807, 2.05) is 12.1 Å². The zero-order valence-electron chi connectivity index (χ0n) is 17.5. The topological polar surface area (TPSA) is 50.1 Å². The van der Waals surface area contributed by atoms with E-state index >= 15 is 0 Å². The van der Waals surface area contributed by atoms with Gasteiger partial charge in [0, 0.05) is 6.08 Å². The highest BCUT2D eigenvalue weighted by molar-refractivity contribution is 5.72. The fourth-order valence-electron chi connectivity index (χ4n) is 4.59. The van der Waals surface area contributed by atoms with E-state index in [9.17, 15) is 18.0 Å². The largest absolute Gasteiger partial charge is 0.462 e. The van der Waals surface area contributed by atoms with Crippen LogP contribution < -0.4 is 0 Å². The van der Waals surface area contributed by atoms with Gasteiger partial charge in [-0.1, -0.05) is 30.4 Å². The van der Waals surface area contributed by atoms with Gasteiger partial charge in [-0.15, -0.1) is 0 Å². The number of rotatable bonds is 5. The van der Waals surface area contributed by atoms with Crippen molar-refractivity contribution in [3.05, 3.63) is 59.7 Å². The molecule has 0 heterocycles. The number of hydrogen-bond acceptors (Lipinski definition) is 3. The predicted octanol–water partition coefficient (Wildman–Crippen LogP) is 6.72. The van der Waals surface area contributed by atoms with E-state index < -0.39 is 11.7 Å². The summed E-state index contributed by atoms with van der Waals surface area (Å²) in [6.07, 6.45) is 9.39. The third-order valence-electron chi connectivity index (χ3n) is 6.44. The Morgan fingerprint density at radius 3 is 2.19 bits per heavy atom. The molecule has 0 aromatic heterocycles. The molecule has 2 saturated carbocycles. The number of halogens is 3. The fraction of sp³-hybridized carbons (Fsp3) is 0.520. The lowest BCUT2D eigenvalue weighted by Crippen LogP contribution is -2.29. The number of carbonyl (C=O) groups excluding carboxylic acids is 1. The van der Waals surface area contributed by atoms with E-state index in [0.29, 0.717) is 5.92 Å². The van der Waals surface area contributed by atoms with Gasteiger partial charge in [-0.25, -0.2) is 0 Å². The van der Waals surface area contributed by atoms with Crippen LogP contribution >= 0.6 is 0 Å². The summed E-state index contributed by atoms with van der Waals surface area (Å²) >= 11 is 0. The Kier molecular flexibility index (Phi) is 7.95. The van der Waals surface area contributed by atoms with Crippen LogP contribution in [0.4, 0.5) is 13.2 Å². The summed E-state index contributed by atoms with van der Waals surface area (Å²) in [5.74, 6) is 0.498. The van der Waals surface area contributed by atoms with E-state index in [-0.39, 0.29) is 23.9 Å². The molecule has 0 radical (unpaired) electrons. The van der Waals surface area contributed by atoms with Gasteiger partial charge in [0.1, 0.15) is 6.10 Å². The predicted molar refractivity (Wildman–Crippen MR) is 112 cm³/mol. The van der Waals surface area contributed by atoms with Crippen molar-refractivity contribution in [2.45, 2.75) is 69.6 Å².